The van der Waals surface area contributed by atoms with E-state index in [-0.39, 0.29) is 5.91 Å². The summed E-state index contributed by atoms with van der Waals surface area (Å²) in [6.45, 7) is 1.78. The number of carbonyl (C=O) groups is 1. The maximum absolute atomic E-state index is 11.7. The van der Waals surface area contributed by atoms with Gasteiger partial charge in [0.05, 0.1) is 18.0 Å². The van der Waals surface area contributed by atoms with Crippen LogP contribution in [0.4, 0.5) is 5.82 Å². The van der Waals surface area contributed by atoms with Crippen LogP contribution in [-0.2, 0) is 0 Å². The van der Waals surface area contributed by atoms with Crippen molar-refractivity contribution < 1.29 is 4.79 Å². The molecule has 0 unspecified atom stereocenters. The molecule has 76 valence electrons. The molecule has 6 heteroatoms. The minimum atomic E-state index is -0.248. The highest BCUT2D eigenvalue weighted by Gasteiger charge is 2.10. The van der Waals surface area contributed by atoms with Crippen molar-refractivity contribution in [2.24, 2.45) is 0 Å². The average Bonchev–Trinajstić information content (AvgIpc) is 2.66. The molecular formula is C9H9N5O. The van der Waals surface area contributed by atoms with Crippen molar-refractivity contribution in [1.29, 1.82) is 0 Å². The molecule has 2 aromatic heterocycles. The second-order valence-corrected chi connectivity index (χ2v) is 2.95. The first-order valence-electron chi connectivity index (χ1n) is 4.34. The fourth-order valence-electron chi connectivity index (χ4n) is 1.13. The molecule has 0 fully saturated rings. The second kappa shape index (κ2) is 3.87. The van der Waals surface area contributed by atoms with Gasteiger partial charge < -0.3 is 5.32 Å². The normalized spacial score (nSPS) is 9.93. The molecule has 15 heavy (non-hydrogen) atoms. The summed E-state index contributed by atoms with van der Waals surface area (Å²) < 4.78 is 0. The minimum absolute atomic E-state index is 0.248. The van der Waals surface area contributed by atoms with Crippen molar-refractivity contribution in [3.63, 3.8) is 0 Å². The summed E-state index contributed by atoms with van der Waals surface area (Å²) in [5.74, 6) is 0.171. The zero-order valence-electron chi connectivity index (χ0n) is 8.06. The smallest absolute Gasteiger partial charge is 0.260 e. The van der Waals surface area contributed by atoms with Crippen molar-refractivity contribution >= 4 is 11.7 Å². The average molecular weight is 203 g/mol. The Morgan fingerprint density at radius 2 is 2.27 bits per heavy atom. The van der Waals surface area contributed by atoms with Crippen LogP contribution in [0.25, 0.3) is 0 Å². The molecule has 0 aliphatic rings. The standard InChI is InChI=1S/C9H9N5O/c1-6-7(4-12-14-6)9(15)13-8-5-10-2-3-11-8/h2-5H,1H3,(H,12,14)(H,11,13,15). The Hall–Kier alpha value is -2.24. The number of amides is 1. The minimum Gasteiger partial charge on any atom is -0.305 e. The lowest BCUT2D eigenvalue weighted by molar-refractivity contribution is 0.102. The van der Waals surface area contributed by atoms with E-state index in [4.69, 9.17) is 0 Å². The van der Waals surface area contributed by atoms with E-state index in [9.17, 15) is 4.79 Å². The number of rotatable bonds is 2. The van der Waals surface area contributed by atoms with Crippen LogP contribution in [0.2, 0.25) is 0 Å². The summed E-state index contributed by atoms with van der Waals surface area (Å²) >= 11 is 0. The topological polar surface area (TPSA) is 83.6 Å². The van der Waals surface area contributed by atoms with Gasteiger partial charge in [-0.25, -0.2) is 4.98 Å². The Balaban J connectivity index is 2.15. The van der Waals surface area contributed by atoms with E-state index in [1.165, 1.54) is 18.6 Å². The summed E-state index contributed by atoms with van der Waals surface area (Å²) in [4.78, 5) is 19.4. The third kappa shape index (κ3) is 1.98. The summed E-state index contributed by atoms with van der Waals surface area (Å²) in [7, 11) is 0. The van der Waals surface area contributed by atoms with E-state index >= 15 is 0 Å². The van der Waals surface area contributed by atoms with Gasteiger partial charge in [-0.2, -0.15) is 5.10 Å². The Morgan fingerprint density at radius 3 is 2.87 bits per heavy atom. The molecule has 0 saturated heterocycles. The molecule has 1 amide bonds. The summed E-state index contributed by atoms with van der Waals surface area (Å²) in [6.07, 6.45) is 6.00. The maximum Gasteiger partial charge on any atom is 0.260 e. The van der Waals surface area contributed by atoms with Crippen LogP contribution in [0.3, 0.4) is 0 Å². The second-order valence-electron chi connectivity index (χ2n) is 2.95. The third-order valence-electron chi connectivity index (χ3n) is 1.88. The summed E-state index contributed by atoms with van der Waals surface area (Å²) in [6, 6.07) is 0. The molecule has 0 aliphatic carbocycles. The summed E-state index contributed by atoms with van der Waals surface area (Å²) in [5.41, 5.74) is 1.22. The van der Waals surface area contributed by atoms with Gasteiger partial charge in [0.15, 0.2) is 5.82 Å². The fraction of sp³-hybridized carbons (Fsp3) is 0.111. The van der Waals surface area contributed by atoms with E-state index < -0.39 is 0 Å². The Labute approximate surface area is 85.8 Å². The molecule has 2 heterocycles. The van der Waals surface area contributed by atoms with Gasteiger partial charge in [0.1, 0.15) is 0 Å². The Bertz CT molecular complexity index is 464. The van der Waals surface area contributed by atoms with Gasteiger partial charge in [-0.1, -0.05) is 0 Å². The molecule has 2 aromatic rings. The number of H-pyrrole nitrogens is 1. The van der Waals surface area contributed by atoms with Gasteiger partial charge >= 0.3 is 0 Å². The molecule has 0 radical (unpaired) electrons. The van der Waals surface area contributed by atoms with Crippen LogP contribution < -0.4 is 5.32 Å². The van der Waals surface area contributed by atoms with Crippen molar-refractivity contribution in [1.82, 2.24) is 20.2 Å². The van der Waals surface area contributed by atoms with Crippen molar-refractivity contribution in [3.05, 3.63) is 36.0 Å². The molecule has 0 bridgehead atoms. The number of aryl methyl sites for hydroxylation is 1. The molecule has 0 spiro atoms. The number of aromatic amines is 1. The number of hydrogen-bond acceptors (Lipinski definition) is 4. The van der Waals surface area contributed by atoms with E-state index in [0.717, 1.165) is 5.69 Å². The zero-order chi connectivity index (χ0) is 10.7. The lowest BCUT2D eigenvalue weighted by Crippen LogP contribution is -2.13. The summed E-state index contributed by atoms with van der Waals surface area (Å²) in [5, 5.41) is 9.06. The Morgan fingerprint density at radius 1 is 1.40 bits per heavy atom. The van der Waals surface area contributed by atoms with Crippen molar-refractivity contribution in [2.75, 3.05) is 5.32 Å². The molecule has 2 rings (SSSR count). The molecular weight excluding hydrogens is 194 g/mol. The molecule has 0 saturated carbocycles. The van der Waals surface area contributed by atoms with Gasteiger partial charge in [0.25, 0.3) is 5.91 Å². The number of nitrogens with zero attached hydrogens (tertiary/aromatic N) is 3. The third-order valence-corrected chi connectivity index (χ3v) is 1.88. The molecule has 2 N–H and O–H groups in total. The van der Waals surface area contributed by atoms with E-state index in [2.05, 4.69) is 25.5 Å². The van der Waals surface area contributed by atoms with Crippen molar-refractivity contribution in [2.45, 2.75) is 6.92 Å². The SMILES string of the molecule is Cc1[nH]ncc1C(=O)Nc1cnccn1. The van der Waals surface area contributed by atoms with Crippen LogP contribution in [0.15, 0.2) is 24.8 Å². The first kappa shape index (κ1) is 9.32. The number of aromatic nitrogens is 4. The number of hydrogen-bond donors (Lipinski definition) is 2. The van der Waals surface area contributed by atoms with E-state index in [1.807, 2.05) is 0 Å². The van der Waals surface area contributed by atoms with Crippen molar-refractivity contribution in [3.8, 4) is 0 Å². The van der Waals surface area contributed by atoms with Gasteiger partial charge in [0.2, 0.25) is 0 Å². The predicted octanol–water partition coefficient (Wildman–Crippen LogP) is 0.760. The van der Waals surface area contributed by atoms with Crippen LogP contribution in [0.5, 0.6) is 0 Å². The van der Waals surface area contributed by atoms with E-state index in [1.54, 1.807) is 13.1 Å². The first-order valence-corrected chi connectivity index (χ1v) is 4.34. The highest BCUT2D eigenvalue weighted by Crippen LogP contribution is 2.06. The number of anilines is 1. The lowest BCUT2D eigenvalue weighted by atomic mass is 10.2. The number of nitrogens with one attached hydrogen (secondary N) is 2. The molecule has 0 aromatic carbocycles. The molecule has 0 atom stereocenters. The highest BCUT2D eigenvalue weighted by molar-refractivity contribution is 6.04. The van der Waals surface area contributed by atoms with Crippen LogP contribution in [-0.4, -0.2) is 26.1 Å². The predicted molar refractivity (Wildman–Crippen MR) is 53.3 cm³/mol. The fourth-order valence-corrected chi connectivity index (χ4v) is 1.13. The first-order chi connectivity index (χ1) is 7.27. The van der Waals surface area contributed by atoms with Crippen LogP contribution >= 0.6 is 0 Å². The zero-order valence-corrected chi connectivity index (χ0v) is 8.06. The van der Waals surface area contributed by atoms with Gasteiger partial charge in [-0.05, 0) is 6.92 Å². The highest BCUT2D eigenvalue weighted by atomic mass is 16.1. The quantitative estimate of drug-likeness (QED) is 0.754. The monoisotopic (exact) mass is 203 g/mol. The Kier molecular flexibility index (Phi) is 2.40. The van der Waals surface area contributed by atoms with Crippen LogP contribution in [0, 0.1) is 6.92 Å². The van der Waals surface area contributed by atoms with E-state index in [0.29, 0.717) is 11.4 Å². The number of carbonyl (C=O) groups excluding carboxylic acids is 1. The largest absolute Gasteiger partial charge is 0.305 e. The molecule has 0 aliphatic heterocycles. The van der Waals surface area contributed by atoms with Gasteiger partial charge in [-0.3, -0.25) is 14.9 Å². The van der Waals surface area contributed by atoms with Gasteiger partial charge in [-0.15, -0.1) is 0 Å². The molecule has 6 nitrogen and oxygen atoms in total. The maximum atomic E-state index is 11.7. The van der Waals surface area contributed by atoms with Crippen LogP contribution in [0.1, 0.15) is 16.1 Å². The van der Waals surface area contributed by atoms with Gasteiger partial charge in [0, 0.05) is 18.1 Å². The lowest BCUT2D eigenvalue weighted by Gasteiger charge is -2.01.